The molecule has 0 aliphatic rings. The van der Waals surface area contributed by atoms with Crippen molar-refractivity contribution < 1.29 is 9.59 Å². The molecule has 0 unspecified atom stereocenters. The Morgan fingerprint density at radius 2 is 1.41 bits per heavy atom. The van der Waals surface area contributed by atoms with Crippen LogP contribution in [-0.2, 0) is 22.4 Å². The molecule has 2 rings (SSSR count). The maximum atomic E-state index is 13.1. The summed E-state index contributed by atoms with van der Waals surface area (Å²) >= 11 is 0. The van der Waals surface area contributed by atoms with Crippen LogP contribution in [0, 0.1) is 0 Å². The second-order valence-electron chi connectivity index (χ2n) is 7.55. The Balaban J connectivity index is 2.11. The molecule has 2 amide bonds. The molecule has 0 aliphatic heterocycles. The molecule has 0 bridgehead atoms. The highest BCUT2D eigenvalue weighted by molar-refractivity contribution is 5.87. The topological polar surface area (TPSA) is 49.4 Å². The van der Waals surface area contributed by atoms with Gasteiger partial charge in [-0.25, -0.2) is 0 Å². The Hall–Kier alpha value is -2.62. The number of amides is 2. The normalized spacial score (nSPS) is 12.8. The molecule has 0 saturated carbocycles. The van der Waals surface area contributed by atoms with Gasteiger partial charge < -0.3 is 10.2 Å². The van der Waals surface area contributed by atoms with Crippen molar-refractivity contribution in [3.63, 3.8) is 0 Å². The van der Waals surface area contributed by atoms with Crippen LogP contribution in [0.3, 0.4) is 0 Å². The third-order valence-electron chi connectivity index (χ3n) is 5.34. The van der Waals surface area contributed by atoms with E-state index in [0.717, 1.165) is 18.4 Å². The molecule has 0 aliphatic carbocycles. The molecule has 0 heterocycles. The van der Waals surface area contributed by atoms with Crippen LogP contribution in [0.5, 0.6) is 0 Å². The maximum absolute atomic E-state index is 13.1. The third-order valence-corrected chi connectivity index (χ3v) is 5.34. The van der Waals surface area contributed by atoms with Crippen molar-refractivity contribution in [3.8, 4) is 0 Å². The molecule has 1 N–H and O–H groups in total. The predicted octanol–water partition coefficient (Wildman–Crippen LogP) is 4.38. The quantitative estimate of drug-likeness (QED) is 0.615. The highest BCUT2D eigenvalue weighted by atomic mass is 16.2. The minimum atomic E-state index is -0.434. The highest BCUT2D eigenvalue weighted by Crippen LogP contribution is 2.13. The average molecular weight is 395 g/mol. The van der Waals surface area contributed by atoms with Crippen molar-refractivity contribution in [2.45, 2.75) is 65.0 Å². The number of nitrogens with zero attached hydrogens (tertiary/aromatic N) is 1. The zero-order chi connectivity index (χ0) is 21.1. The number of benzene rings is 2. The maximum Gasteiger partial charge on any atom is 0.243 e. The van der Waals surface area contributed by atoms with Gasteiger partial charge in [-0.3, -0.25) is 9.59 Å². The first-order valence-electron chi connectivity index (χ1n) is 10.7. The van der Waals surface area contributed by atoms with E-state index in [0.29, 0.717) is 25.8 Å². The summed E-state index contributed by atoms with van der Waals surface area (Å²) in [4.78, 5) is 27.8. The number of carbonyl (C=O) groups excluding carboxylic acids is 2. The van der Waals surface area contributed by atoms with Gasteiger partial charge in [-0.15, -0.1) is 0 Å². The summed E-state index contributed by atoms with van der Waals surface area (Å²) in [5, 5.41) is 3.06. The van der Waals surface area contributed by atoms with Crippen LogP contribution in [0.25, 0.3) is 0 Å². The van der Waals surface area contributed by atoms with Gasteiger partial charge in [0.05, 0.1) is 0 Å². The molecule has 2 aromatic carbocycles. The first kappa shape index (κ1) is 22.7. The van der Waals surface area contributed by atoms with Crippen molar-refractivity contribution in [1.29, 1.82) is 0 Å². The predicted molar refractivity (Wildman–Crippen MR) is 119 cm³/mol. The van der Waals surface area contributed by atoms with E-state index >= 15 is 0 Å². The molecule has 2 atom stereocenters. The zero-order valence-corrected chi connectivity index (χ0v) is 17.9. The molecule has 0 aromatic heterocycles. The Morgan fingerprint density at radius 3 is 1.93 bits per heavy atom. The summed E-state index contributed by atoms with van der Waals surface area (Å²) in [6.45, 7) is 6.56. The fraction of sp³-hybridized carbons (Fsp3) is 0.440. The van der Waals surface area contributed by atoms with Gasteiger partial charge in [0.15, 0.2) is 0 Å². The minimum absolute atomic E-state index is 0.0379. The lowest BCUT2D eigenvalue weighted by Gasteiger charge is -2.31. The molecular weight excluding hydrogens is 360 g/mol. The fourth-order valence-corrected chi connectivity index (χ4v) is 3.38. The Morgan fingerprint density at radius 1 is 0.862 bits per heavy atom. The van der Waals surface area contributed by atoms with Gasteiger partial charge in [-0.2, -0.15) is 0 Å². The van der Waals surface area contributed by atoms with E-state index in [1.54, 1.807) is 4.90 Å². The van der Waals surface area contributed by atoms with Crippen LogP contribution in [0.2, 0.25) is 0 Å². The van der Waals surface area contributed by atoms with Gasteiger partial charge in [0, 0.05) is 19.0 Å². The SMILES string of the molecule is CC[C@@H](C)NC(=O)[C@H](CC)N(CCc1ccccc1)C(=O)CCc1ccccc1. The number of rotatable bonds is 11. The second-order valence-corrected chi connectivity index (χ2v) is 7.55. The number of aryl methyl sites for hydroxylation is 1. The highest BCUT2D eigenvalue weighted by Gasteiger charge is 2.28. The van der Waals surface area contributed by atoms with Gasteiger partial charge in [-0.05, 0) is 43.7 Å². The zero-order valence-electron chi connectivity index (χ0n) is 17.9. The largest absolute Gasteiger partial charge is 0.352 e. The Kier molecular flexibility index (Phi) is 9.42. The second kappa shape index (κ2) is 12.1. The summed E-state index contributed by atoms with van der Waals surface area (Å²) < 4.78 is 0. The minimum Gasteiger partial charge on any atom is -0.352 e. The number of nitrogens with one attached hydrogen (secondary N) is 1. The molecule has 4 heteroatoms. The lowest BCUT2D eigenvalue weighted by Crippen LogP contribution is -2.51. The summed E-state index contributed by atoms with van der Waals surface area (Å²) in [5.74, 6) is -0.0149. The van der Waals surface area contributed by atoms with Crippen molar-refractivity contribution in [1.82, 2.24) is 10.2 Å². The molecule has 0 radical (unpaired) electrons. The first-order valence-corrected chi connectivity index (χ1v) is 10.7. The molecule has 4 nitrogen and oxygen atoms in total. The number of hydrogen-bond acceptors (Lipinski definition) is 2. The molecule has 156 valence electrons. The third kappa shape index (κ3) is 7.37. The van der Waals surface area contributed by atoms with E-state index in [2.05, 4.69) is 17.4 Å². The first-order chi connectivity index (χ1) is 14.0. The van der Waals surface area contributed by atoms with Crippen LogP contribution < -0.4 is 5.32 Å². The summed E-state index contributed by atoms with van der Waals surface area (Å²) in [5.41, 5.74) is 2.31. The van der Waals surface area contributed by atoms with E-state index in [-0.39, 0.29) is 17.9 Å². The van der Waals surface area contributed by atoms with E-state index in [4.69, 9.17) is 0 Å². The van der Waals surface area contributed by atoms with Crippen LogP contribution in [0.4, 0.5) is 0 Å². The number of carbonyl (C=O) groups is 2. The summed E-state index contributed by atoms with van der Waals surface area (Å²) in [7, 11) is 0. The van der Waals surface area contributed by atoms with E-state index in [1.165, 1.54) is 5.56 Å². The molecule has 29 heavy (non-hydrogen) atoms. The van der Waals surface area contributed by atoms with E-state index in [1.807, 2.05) is 69.3 Å². The van der Waals surface area contributed by atoms with Crippen LogP contribution >= 0.6 is 0 Å². The Bertz CT molecular complexity index is 746. The fourth-order valence-electron chi connectivity index (χ4n) is 3.38. The number of hydrogen-bond donors (Lipinski definition) is 1. The lowest BCUT2D eigenvalue weighted by atomic mass is 10.1. The average Bonchev–Trinajstić information content (AvgIpc) is 2.76. The Labute approximate surface area is 175 Å². The van der Waals surface area contributed by atoms with Crippen molar-refractivity contribution in [3.05, 3.63) is 71.8 Å². The van der Waals surface area contributed by atoms with Gasteiger partial charge in [0.2, 0.25) is 11.8 Å². The van der Waals surface area contributed by atoms with Gasteiger partial charge in [-0.1, -0.05) is 74.5 Å². The van der Waals surface area contributed by atoms with Crippen molar-refractivity contribution >= 4 is 11.8 Å². The monoisotopic (exact) mass is 394 g/mol. The summed E-state index contributed by atoms with van der Waals surface area (Å²) in [6, 6.07) is 19.8. The van der Waals surface area contributed by atoms with Gasteiger partial charge in [0.25, 0.3) is 0 Å². The standard InChI is InChI=1S/C25H34N2O2/c1-4-20(3)26-25(29)23(5-2)27(19-18-22-14-10-7-11-15-22)24(28)17-16-21-12-8-6-9-13-21/h6-15,20,23H,4-5,16-19H2,1-3H3,(H,26,29)/t20-,23+/m1/s1. The van der Waals surface area contributed by atoms with Crippen molar-refractivity contribution in [2.75, 3.05) is 6.54 Å². The van der Waals surface area contributed by atoms with Crippen LogP contribution in [-0.4, -0.2) is 35.3 Å². The van der Waals surface area contributed by atoms with E-state index < -0.39 is 6.04 Å². The molecular formula is C25H34N2O2. The summed E-state index contributed by atoms with van der Waals surface area (Å²) in [6.07, 6.45) is 3.31. The molecule has 0 saturated heterocycles. The molecule has 0 fully saturated rings. The van der Waals surface area contributed by atoms with Crippen LogP contribution in [0.15, 0.2) is 60.7 Å². The molecule has 2 aromatic rings. The molecule has 0 spiro atoms. The van der Waals surface area contributed by atoms with E-state index in [9.17, 15) is 9.59 Å². The van der Waals surface area contributed by atoms with Gasteiger partial charge in [0.1, 0.15) is 6.04 Å². The van der Waals surface area contributed by atoms with Crippen LogP contribution in [0.1, 0.15) is 51.2 Å². The lowest BCUT2D eigenvalue weighted by molar-refractivity contribution is -0.141. The van der Waals surface area contributed by atoms with Gasteiger partial charge >= 0.3 is 0 Å². The van der Waals surface area contributed by atoms with Crippen molar-refractivity contribution in [2.24, 2.45) is 0 Å². The smallest absolute Gasteiger partial charge is 0.243 e.